The number of hydrogen-bond donors (Lipinski definition) is 1. The van der Waals surface area contributed by atoms with E-state index in [0.717, 1.165) is 0 Å². The molecule has 9 heavy (non-hydrogen) atoms. The Morgan fingerprint density at radius 3 is 2.00 bits per heavy atom. The minimum Gasteiger partial charge on any atom is -0.285 e. The summed E-state index contributed by atoms with van der Waals surface area (Å²) in [5.41, 5.74) is 0. The monoisotopic (exact) mass is 162 g/mol. The highest BCUT2D eigenvalue weighted by Gasteiger charge is 2.27. The normalized spacial score (nSPS) is 13.2. The van der Waals surface area contributed by atoms with Gasteiger partial charge in [-0.25, -0.2) is 0 Å². The molecule has 0 fully saturated rings. The predicted molar refractivity (Wildman–Crippen MR) is 22.0 cm³/mol. The number of hydrogen-bond acceptors (Lipinski definition) is 4. The fourth-order valence-corrected chi connectivity index (χ4v) is 0.304. The first-order valence-electron chi connectivity index (χ1n) is 1.53. The van der Waals surface area contributed by atoms with Gasteiger partial charge in [0.25, 0.3) is 11.4 Å². The van der Waals surface area contributed by atoms with Gasteiger partial charge in [0.1, 0.15) is 0 Å². The largest absolute Gasteiger partial charge is 0.720 e. The van der Waals surface area contributed by atoms with Crippen molar-refractivity contribution in [2.24, 2.45) is 0 Å². The Bertz CT molecular complexity index is 93.0. The van der Waals surface area contributed by atoms with Crippen LogP contribution < -0.4 is 0 Å². The van der Waals surface area contributed by atoms with Gasteiger partial charge in [-0.2, -0.15) is 13.9 Å². The molecular formula is HBF2O5S. The Kier molecular flexibility index (Phi) is 4.72. The summed E-state index contributed by atoms with van der Waals surface area (Å²) in [5, 5.41) is 0. The Morgan fingerprint density at radius 2 is 1.89 bits per heavy atom. The van der Waals surface area contributed by atoms with E-state index >= 15 is 0 Å². The molecule has 0 aliphatic carbocycles. The van der Waals surface area contributed by atoms with Crippen LogP contribution in [0.4, 0.5) is 9.05 Å². The molecular weight excluding hydrogens is 161 g/mol. The van der Waals surface area contributed by atoms with Crippen molar-refractivity contribution in [1.29, 1.82) is 0 Å². The summed E-state index contributed by atoms with van der Waals surface area (Å²) in [6.45, 7) is 0. The summed E-state index contributed by atoms with van der Waals surface area (Å²) >= 11 is -2.83. The molecule has 9 heteroatoms. The van der Waals surface area contributed by atoms with E-state index in [1.165, 1.54) is 0 Å². The Morgan fingerprint density at radius 1 is 1.44 bits per heavy atom. The topological polar surface area (TPSA) is 65.0 Å². The summed E-state index contributed by atoms with van der Waals surface area (Å²) in [4.78, 5) is 5.08. The summed E-state index contributed by atoms with van der Waals surface area (Å²) in [7, 11) is -2.41. The van der Waals surface area contributed by atoms with Gasteiger partial charge >= 0.3 is 7.32 Å². The lowest BCUT2D eigenvalue weighted by Gasteiger charge is -1.95. The van der Waals surface area contributed by atoms with Gasteiger partial charge in [-0.1, -0.05) is 9.05 Å². The zero-order valence-corrected chi connectivity index (χ0v) is 4.64. The summed E-state index contributed by atoms with van der Waals surface area (Å²) in [6.07, 6.45) is 0. The van der Waals surface area contributed by atoms with E-state index in [1.54, 1.807) is 0 Å². The van der Waals surface area contributed by atoms with Crippen LogP contribution in [0.5, 0.6) is 0 Å². The van der Waals surface area contributed by atoms with Crippen LogP contribution in [0.25, 0.3) is 0 Å². The fourth-order valence-electron chi connectivity index (χ4n) is 0.111. The smallest absolute Gasteiger partial charge is 0.285 e. The molecule has 0 heterocycles. The molecule has 0 radical (unpaired) electrons. The molecule has 0 spiro atoms. The van der Waals surface area contributed by atoms with Crippen LogP contribution in [0.15, 0.2) is 0 Å². The Balaban J connectivity index is 3.43. The average molecular weight is 162 g/mol. The maximum atomic E-state index is 10.8. The molecule has 5 nitrogen and oxygen atoms in total. The lowest BCUT2D eigenvalue weighted by molar-refractivity contribution is -0.129. The van der Waals surface area contributed by atoms with Crippen molar-refractivity contribution >= 4 is 18.7 Å². The van der Waals surface area contributed by atoms with Crippen LogP contribution in [0.1, 0.15) is 0 Å². The van der Waals surface area contributed by atoms with Crippen molar-refractivity contribution in [2.75, 3.05) is 0 Å². The molecule has 0 aromatic rings. The van der Waals surface area contributed by atoms with Gasteiger partial charge in [-0.05, 0) is 0 Å². The first kappa shape index (κ1) is 8.91. The minimum atomic E-state index is -2.83. The molecule has 0 rings (SSSR count). The molecule has 0 aliphatic heterocycles. The zero-order valence-electron chi connectivity index (χ0n) is 3.82. The van der Waals surface area contributed by atoms with Gasteiger partial charge < -0.3 is 0 Å². The molecule has 0 saturated heterocycles. The van der Waals surface area contributed by atoms with Gasteiger partial charge in [0.2, 0.25) is 0 Å². The van der Waals surface area contributed by atoms with E-state index in [0.29, 0.717) is 0 Å². The van der Waals surface area contributed by atoms with Crippen molar-refractivity contribution in [3.63, 3.8) is 0 Å². The third-order valence-electron chi connectivity index (χ3n) is 0.306. The molecule has 0 saturated carbocycles. The first-order chi connectivity index (χ1) is 4.20. The fraction of sp³-hybridized carbons (Fsp3) is 0. The van der Waals surface area contributed by atoms with Crippen LogP contribution in [0.2, 0.25) is 0 Å². The van der Waals surface area contributed by atoms with Gasteiger partial charge in [0.05, 0.1) is 0 Å². The maximum absolute atomic E-state index is 10.8. The van der Waals surface area contributed by atoms with Gasteiger partial charge in [0, 0.05) is 0 Å². The predicted octanol–water partition coefficient (Wildman–Crippen LogP) is -0.0732. The van der Waals surface area contributed by atoms with Crippen molar-refractivity contribution in [1.82, 2.24) is 0 Å². The van der Waals surface area contributed by atoms with Gasteiger partial charge in [-0.3, -0.25) is 8.65 Å². The SMILES string of the molecule is O=S(O)OB(OF)OF. The van der Waals surface area contributed by atoms with E-state index in [9.17, 15) is 13.3 Å². The van der Waals surface area contributed by atoms with Crippen LogP contribution in [-0.4, -0.2) is 16.1 Å². The third-order valence-corrected chi connectivity index (χ3v) is 0.628. The number of halogens is 2. The number of rotatable bonds is 4. The van der Waals surface area contributed by atoms with E-state index < -0.39 is 18.7 Å². The van der Waals surface area contributed by atoms with Crippen molar-refractivity contribution in [2.45, 2.75) is 0 Å². The average Bonchev–Trinajstić information content (AvgIpc) is 1.82. The van der Waals surface area contributed by atoms with Crippen molar-refractivity contribution in [3.05, 3.63) is 0 Å². The van der Waals surface area contributed by atoms with Crippen LogP contribution in [-0.2, 0) is 25.2 Å². The molecule has 0 aromatic carbocycles. The Hall–Kier alpha value is -0.0851. The van der Waals surface area contributed by atoms with E-state index in [2.05, 4.69) is 13.8 Å². The summed E-state index contributed by atoms with van der Waals surface area (Å²) in [5.74, 6) is 0. The van der Waals surface area contributed by atoms with E-state index in [4.69, 9.17) is 4.55 Å². The molecule has 1 unspecified atom stereocenters. The maximum Gasteiger partial charge on any atom is 0.720 e. The highest BCUT2D eigenvalue weighted by molar-refractivity contribution is 7.75. The summed E-state index contributed by atoms with van der Waals surface area (Å²) < 4.78 is 42.2. The highest BCUT2D eigenvalue weighted by Crippen LogP contribution is 1.94. The second-order valence-corrected chi connectivity index (χ2v) is 1.41. The second-order valence-electron chi connectivity index (χ2n) is 0.780. The molecule has 1 N–H and O–H groups in total. The third kappa shape index (κ3) is 4.42. The van der Waals surface area contributed by atoms with Gasteiger partial charge in [0.15, 0.2) is 0 Å². The van der Waals surface area contributed by atoms with Crippen molar-refractivity contribution in [3.8, 4) is 0 Å². The molecule has 0 aromatic heterocycles. The van der Waals surface area contributed by atoms with E-state index in [1.807, 2.05) is 0 Å². The molecule has 0 amide bonds. The molecule has 0 aliphatic rings. The highest BCUT2D eigenvalue weighted by atomic mass is 32.2. The standard InChI is InChI=1S/BF2HO5S/c2-6-1(7-3)8-9(4)5/h(H,4,5). The van der Waals surface area contributed by atoms with Crippen LogP contribution in [0.3, 0.4) is 0 Å². The van der Waals surface area contributed by atoms with Crippen LogP contribution >= 0.6 is 0 Å². The van der Waals surface area contributed by atoms with Gasteiger partial charge in [-0.15, -0.1) is 0 Å². The first-order valence-corrected chi connectivity index (χ1v) is 2.56. The second kappa shape index (κ2) is 4.76. The summed E-state index contributed by atoms with van der Waals surface area (Å²) in [6, 6.07) is 0. The minimum absolute atomic E-state index is 2.41. The molecule has 0 bridgehead atoms. The Labute approximate surface area is 51.4 Å². The zero-order chi connectivity index (χ0) is 7.28. The lowest BCUT2D eigenvalue weighted by atomic mass is 10.3. The van der Waals surface area contributed by atoms with E-state index in [-0.39, 0.29) is 0 Å². The lowest BCUT2D eigenvalue weighted by Crippen LogP contribution is -2.21. The van der Waals surface area contributed by atoms with Crippen LogP contribution in [0, 0.1) is 0 Å². The molecule has 1 atom stereocenters. The quantitative estimate of drug-likeness (QED) is 0.462. The molecule has 54 valence electrons. The van der Waals surface area contributed by atoms with Crippen molar-refractivity contribution < 1.29 is 31.6 Å².